The van der Waals surface area contributed by atoms with Crippen molar-refractivity contribution in [2.24, 2.45) is 0 Å². The first-order chi connectivity index (χ1) is 14.4. The number of thiazole rings is 1. The molecule has 6 heteroatoms. The van der Waals surface area contributed by atoms with E-state index < -0.39 is 5.60 Å². The summed E-state index contributed by atoms with van der Waals surface area (Å²) in [5.41, 5.74) is 1.78. The highest BCUT2D eigenvalue weighted by molar-refractivity contribution is 7.18. The van der Waals surface area contributed by atoms with E-state index in [0.29, 0.717) is 6.61 Å². The molecular weight excluding hydrogens is 396 g/mol. The van der Waals surface area contributed by atoms with Crippen LogP contribution in [0.2, 0.25) is 0 Å². The molecule has 3 aromatic rings. The standard InChI is InChI=1S/C24H28N2O3S/c1-24(2,3)29-23(27)26-14-6-7-18(26)16-28-19-12-10-17(11-13-19)15-22-25-20-8-4-5-9-21(20)30-22/h4-5,8-13,18H,6-7,14-16H2,1-3H3. The molecule has 2 aromatic carbocycles. The number of amides is 1. The van der Waals surface area contributed by atoms with E-state index in [0.717, 1.165) is 42.1 Å². The minimum absolute atomic E-state index is 0.0577. The molecule has 158 valence electrons. The number of likely N-dealkylation sites (tertiary alicyclic amines) is 1. The van der Waals surface area contributed by atoms with Crippen LogP contribution in [0.1, 0.15) is 44.2 Å². The Morgan fingerprint density at radius 2 is 1.93 bits per heavy atom. The fourth-order valence-corrected chi connectivity index (χ4v) is 4.64. The highest BCUT2D eigenvalue weighted by Gasteiger charge is 2.32. The van der Waals surface area contributed by atoms with Crippen molar-refractivity contribution >= 4 is 27.6 Å². The monoisotopic (exact) mass is 424 g/mol. The quantitative estimate of drug-likeness (QED) is 0.530. The van der Waals surface area contributed by atoms with Gasteiger partial charge in [-0.3, -0.25) is 0 Å². The Balaban J connectivity index is 1.32. The molecule has 0 aliphatic carbocycles. The predicted octanol–water partition coefficient (Wildman–Crippen LogP) is 5.67. The Morgan fingerprint density at radius 1 is 1.17 bits per heavy atom. The van der Waals surface area contributed by atoms with Crippen LogP contribution in [0.5, 0.6) is 5.75 Å². The maximum absolute atomic E-state index is 12.4. The Labute approximate surface area is 181 Å². The molecular formula is C24H28N2O3S. The molecule has 0 bridgehead atoms. The Kier molecular flexibility index (Phi) is 5.95. The van der Waals surface area contributed by atoms with E-state index >= 15 is 0 Å². The molecule has 0 spiro atoms. The molecule has 30 heavy (non-hydrogen) atoms. The van der Waals surface area contributed by atoms with Crippen molar-refractivity contribution in [1.29, 1.82) is 0 Å². The van der Waals surface area contributed by atoms with Gasteiger partial charge in [0.15, 0.2) is 0 Å². The SMILES string of the molecule is CC(C)(C)OC(=O)N1CCCC1COc1ccc(Cc2nc3ccccc3s2)cc1. The second-order valence-corrected chi connectivity index (χ2v) is 9.79. The lowest BCUT2D eigenvalue weighted by atomic mass is 10.1. The summed E-state index contributed by atoms with van der Waals surface area (Å²) in [6.45, 7) is 6.88. The van der Waals surface area contributed by atoms with E-state index in [2.05, 4.69) is 24.3 Å². The van der Waals surface area contributed by atoms with Gasteiger partial charge in [0, 0.05) is 13.0 Å². The zero-order valence-corrected chi connectivity index (χ0v) is 18.6. The van der Waals surface area contributed by atoms with Gasteiger partial charge in [-0.25, -0.2) is 9.78 Å². The third-order valence-corrected chi connectivity index (χ3v) is 6.10. The summed E-state index contributed by atoms with van der Waals surface area (Å²) in [5.74, 6) is 0.819. The number of para-hydroxylation sites is 1. The molecule has 1 saturated heterocycles. The minimum Gasteiger partial charge on any atom is -0.491 e. The van der Waals surface area contributed by atoms with Crippen molar-refractivity contribution in [3.8, 4) is 5.75 Å². The summed E-state index contributed by atoms with van der Waals surface area (Å²) in [4.78, 5) is 18.9. The number of fused-ring (bicyclic) bond motifs is 1. The van der Waals surface area contributed by atoms with E-state index in [1.54, 1.807) is 16.2 Å². The van der Waals surface area contributed by atoms with Gasteiger partial charge in [-0.15, -0.1) is 11.3 Å². The van der Waals surface area contributed by atoms with Crippen molar-refractivity contribution in [3.05, 3.63) is 59.1 Å². The molecule has 4 rings (SSSR count). The highest BCUT2D eigenvalue weighted by Crippen LogP contribution is 2.25. The van der Waals surface area contributed by atoms with E-state index in [4.69, 9.17) is 14.5 Å². The maximum Gasteiger partial charge on any atom is 0.410 e. The van der Waals surface area contributed by atoms with Gasteiger partial charge in [-0.2, -0.15) is 0 Å². The van der Waals surface area contributed by atoms with E-state index in [1.807, 2.05) is 45.0 Å². The molecule has 1 aromatic heterocycles. The molecule has 2 heterocycles. The van der Waals surface area contributed by atoms with Crippen LogP contribution in [0.15, 0.2) is 48.5 Å². The van der Waals surface area contributed by atoms with Crippen LogP contribution in [-0.2, 0) is 11.2 Å². The number of carbonyl (C=O) groups is 1. The number of hydrogen-bond donors (Lipinski definition) is 0. The zero-order valence-electron chi connectivity index (χ0n) is 17.8. The number of rotatable bonds is 5. The molecule has 1 atom stereocenters. The first-order valence-electron chi connectivity index (χ1n) is 10.4. The van der Waals surface area contributed by atoms with Gasteiger partial charge in [0.25, 0.3) is 0 Å². The van der Waals surface area contributed by atoms with Crippen molar-refractivity contribution in [3.63, 3.8) is 0 Å². The van der Waals surface area contributed by atoms with Crippen LogP contribution >= 0.6 is 11.3 Å². The molecule has 1 unspecified atom stereocenters. The Morgan fingerprint density at radius 3 is 2.67 bits per heavy atom. The third-order valence-electron chi connectivity index (χ3n) is 5.06. The van der Waals surface area contributed by atoms with Crippen molar-refractivity contribution < 1.29 is 14.3 Å². The van der Waals surface area contributed by atoms with Crippen LogP contribution in [-0.4, -0.2) is 40.8 Å². The number of hydrogen-bond acceptors (Lipinski definition) is 5. The largest absolute Gasteiger partial charge is 0.491 e. The van der Waals surface area contributed by atoms with Gasteiger partial charge in [0.2, 0.25) is 0 Å². The molecule has 0 radical (unpaired) electrons. The number of aromatic nitrogens is 1. The van der Waals surface area contributed by atoms with Gasteiger partial charge in [0.1, 0.15) is 18.0 Å². The van der Waals surface area contributed by atoms with Crippen LogP contribution in [0.3, 0.4) is 0 Å². The summed E-state index contributed by atoms with van der Waals surface area (Å²) in [6.07, 6.45) is 2.48. The summed E-state index contributed by atoms with van der Waals surface area (Å²) >= 11 is 1.74. The smallest absolute Gasteiger partial charge is 0.410 e. The average molecular weight is 425 g/mol. The van der Waals surface area contributed by atoms with E-state index in [1.165, 1.54) is 10.3 Å². The topological polar surface area (TPSA) is 51.7 Å². The summed E-state index contributed by atoms with van der Waals surface area (Å²) < 4.78 is 12.7. The van der Waals surface area contributed by atoms with Crippen molar-refractivity contribution in [1.82, 2.24) is 9.88 Å². The molecule has 1 amide bonds. The first-order valence-corrected chi connectivity index (χ1v) is 11.2. The first kappa shape index (κ1) is 20.7. The molecule has 1 aliphatic heterocycles. The summed E-state index contributed by atoms with van der Waals surface area (Å²) in [7, 11) is 0. The fraction of sp³-hybridized carbons (Fsp3) is 0.417. The summed E-state index contributed by atoms with van der Waals surface area (Å²) in [5, 5.41) is 1.11. The number of benzene rings is 2. The van der Waals surface area contributed by atoms with Crippen LogP contribution < -0.4 is 4.74 Å². The summed E-state index contributed by atoms with van der Waals surface area (Å²) in [6, 6.07) is 16.4. The van der Waals surface area contributed by atoms with E-state index in [9.17, 15) is 4.79 Å². The number of nitrogens with zero attached hydrogens (tertiary/aromatic N) is 2. The molecule has 1 aliphatic rings. The van der Waals surface area contributed by atoms with Gasteiger partial charge in [-0.05, 0) is 63.4 Å². The lowest BCUT2D eigenvalue weighted by Crippen LogP contribution is -2.42. The number of ether oxygens (including phenoxy) is 2. The van der Waals surface area contributed by atoms with Crippen molar-refractivity contribution in [2.75, 3.05) is 13.2 Å². The van der Waals surface area contributed by atoms with Gasteiger partial charge >= 0.3 is 6.09 Å². The predicted molar refractivity (Wildman–Crippen MR) is 120 cm³/mol. The number of carbonyl (C=O) groups excluding carboxylic acids is 1. The second kappa shape index (κ2) is 8.64. The minimum atomic E-state index is -0.482. The van der Waals surface area contributed by atoms with Gasteiger partial charge in [0.05, 0.1) is 21.3 Å². The van der Waals surface area contributed by atoms with Crippen LogP contribution in [0.25, 0.3) is 10.2 Å². The normalized spacial score (nSPS) is 16.8. The second-order valence-electron chi connectivity index (χ2n) is 8.68. The molecule has 0 N–H and O–H groups in total. The maximum atomic E-state index is 12.4. The van der Waals surface area contributed by atoms with Crippen molar-refractivity contribution in [2.45, 2.75) is 51.7 Å². The lowest BCUT2D eigenvalue weighted by Gasteiger charge is -2.28. The lowest BCUT2D eigenvalue weighted by molar-refractivity contribution is 0.0187. The Hall–Kier alpha value is -2.60. The fourth-order valence-electron chi connectivity index (χ4n) is 3.64. The van der Waals surface area contributed by atoms with Gasteiger partial charge in [-0.1, -0.05) is 24.3 Å². The highest BCUT2D eigenvalue weighted by atomic mass is 32.1. The third kappa shape index (κ3) is 5.11. The van der Waals surface area contributed by atoms with E-state index in [-0.39, 0.29) is 12.1 Å². The van der Waals surface area contributed by atoms with Crippen LogP contribution in [0, 0.1) is 0 Å². The molecule has 1 fully saturated rings. The Bertz CT molecular complexity index is 974. The molecule has 5 nitrogen and oxygen atoms in total. The van der Waals surface area contributed by atoms with Gasteiger partial charge < -0.3 is 14.4 Å². The average Bonchev–Trinajstić information content (AvgIpc) is 3.32. The zero-order chi connectivity index (χ0) is 21.1. The van der Waals surface area contributed by atoms with Crippen LogP contribution in [0.4, 0.5) is 4.79 Å². The molecule has 0 saturated carbocycles.